The number of nitrogens with zero attached hydrogens (tertiary/aromatic N) is 2. The topological polar surface area (TPSA) is 84.7 Å². The van der Waals surface area contributed by atoms with Crippen molar-refractivity contribution in [2.45, 2.75) is 52.2 Å². The summed E-state index contributed by atoms with van der Waals surface area (Å²) in [6.07, 6.45) is 0.787. The lowest BCUT2D eigenvalue weighted by Crippen LogP contribution is -2.47. The Hall–Kier alpha value is -2.61. The van der Waals surface area contributed by atoms with Gasteiger partial charge in [0.15, 0.2) is 0 Å². The number of aryl methyl sites for hydroxylation is 1. The minimum Gasteiger partial charge on any atom is -0.444 e. The van der Waals surface area contributed by atoms with Gasteiger partial charge in [-0.1, -0.05) is 22.8 Å². The van der Waals surface area contributed by atoms with E-state index in [0.29, 0.717) is 25.9 Å². The van der Waals surface area contributed by atoms with Crippen LogP contribution in [0, 0.1) is 12.7 Å². The summed E-state index contributed by atoms with van der Waals surface area (Å²) < 4.78 is 24.9. The highest BCUT2D eigenvalue weighted by Crippen LogP contribution is 2.33. The van der Waals surface area contributed by atoms with Crippen molar-refractivity contribution in [3.63, 3.8) is 0 Å². The first-order valence-corrected chi connectivity index (χ1v) is 10.1. The summed E-state index contributed by atoms with van der Waals surface area (Å²) in [6.45, 7) is 7.98. The van der Waals surface area contributed by atoms with Crippen LogP contribution >= 0.6 is 11.6 Å². The molecule has 1 fully saturated rings. The summed E-state index contributed by atoms with van der Waals surface area (Å²) in [7, 11) is 0. The third kappa shape index (κ3) is 4.92. The van der Waals surface area contributed by atoms with Gasteiger partial charge in [-0.05, 0) is 52.7 Å². The van der Waals surface area contributed by atoms with Gasteiger partial charge in [-0.3, -0.25) is 4.79 Å². The second-order valence-corrected chi connectivity index (χ2v) is 8.68. The average molecular weight is 438 g/mol. The molecular formula is C21H25ClFN3O4. The van der Waals surface area contributed by atoms with E-state index in [2.05, 4.69) is 10.5 Å². The zero-order chi connectivity index (χ0) is 22.1. The van der Waals surface area contributed by atoms with Gasteiger partial charge in [0.05, 0.1) is 10.6 Å². The Morgan fingerprint density at radius 1 is 1.30 bits per heavy atom. The van der Waals surface area contributed by atoms with E-state index in [1.165, 1.54) is 18.2 Å². The molecule has 9 heteroatoms. The molecule has 0 atom stereocenters. The fourth-order valence-corrected chi connectivity index (χ4v) is 3.58. The van der Waals surface area contributed by atoms with Gasteiger partial charge in [-0.25, -0.2) is 9.18 Å². The lowest BCUT2D eigenvalue weighted by atomic mass is 10.0. The van der Waals surface area contributed by atoms with E-state index < -0.39 is 17.3 Å². The molecule has 0 bridgehead atoms. The van der Waals surface area contributed by atoms with Crippen molar-refractivity contribution in [1.82, 2.24) is 15.4 Å². The molecule has 0 spiro atoms. The van der Waals surface area contributed by atoms with Crippen LogP contribution in [0.15, 0.2) is 22.7 Å². The van der Waals surface area contributed by atoms with E-state index in [0.717, 1.165) is 0 Å². The summed E-state index contributed by atoms with van der Waals surface area (Å²) in [6, 6.07) is 4.11. The molecule has 1 N–H and O–H groups in total. The number of nitrogens with one attached hydrogen (secondary N) is 1. The second-order valence-electron chi connectivity index (χ2n) is 8.27. The third-order valence-corrected chi connectivity index (χ3v) is 5.09. The Balaban J connectivity index is 1.69. The molecule has 0 aliphatic carbocycles. The highest BCUT2D eigenvalue weighted by atomic mass is 35.5. The van der Waals surface area contributed by atoms with Crippen LogP contribution in [0.4, 0.5) is 9.18 Å². The lowest BCUT2D eigenvalue weighted by Gasteiger charge is -2.33. The summed E-state index contributed by atoms with van der Waals surface area (Å²) in [5.74, 6) is -0.734. The molecule has 0 saturated carbocycles. The van der Waals surface area contributed by atoms with Crippen LogP contribution < -0.4 is 5.32 Å². The van der Waals surface area contributed by atoms with Crippen molar-refractivity contribution in [1.29, 1.82) is 0 Å². The number of carbonyl (C=O) groups is 2. The van der Waals surface area contributed by atoms with E-state index >= 15 is 0 Å². The standard InChI is InChI=1S/C21H25ClFN3O4/c1-12-16(18(25-30-12)17-14(22)6-5-7-15(17)23)19(27)24-13-8-10-26(11-9-13)20(28)29-21(2,3)4/h5-7,13H,8-11H2,1-4H3,(H,24,27). The van der Waals surface area contributed by atoms with Gasteiger partial charge in [-0.15, -0.1) is 0 Å². The van der Waals surface area contributed by atoms with Crippen LogP contribution in [0.25, 0.3) is 11.3 Å². The smallest absolute Gasteiger partial charge is 0.410 e. The van der Waals surface area contributed by atoms with Crippen LogP contribution in [0.2, 0.25) is 5.02 Å². The first kappa shape index (κ1) is 22.1. The molecule has 162 valence electrons. The third-order valence-electron chi connectivity index (χ3n) is 4.77. The fourth-order valence-electron chi connectivity index (χ4n) is 3.32. The number of halogens is 2. The first-order chi connectivity index (χ1) is 14.1. The molecule has 2 amide bonds. The first-order valence-electron chi connectivity index (χ1n) is 9.76. The summed E-state index contributed by atoms with van der Waals surface area (Å²) >= 11 is 6.13. The molecule has 3 rings (SSSR count). The number of aromatic nitrogens is 1. The van der Waals surface area contributed by atoms with Crippen molar-refractivity contribution in [2.75, 3.05) is 13.1 Å². The predicted molar refractivity (Wildman–Crippen MR) is 110 cm³/mol. The number of benzene rings is 1. The van der Waals surface area contributed by atoms with E-state index in [9.17, 15) is 14.0 Å². The molecule has 1 saturated heterocycles. The maximum atomic E-state index is 14.3. The number of hydrogen-bond acceptors (Lipinski definition) is 5. The lowest BCUT2D eigenvalue weighted by molar-refractivity contribution is 0.0199. The summed E-state index contributed by atoms with van der Waals surface area (Å²) in [5, 5.41) is 6.94. The van der Waals surface area contributed by atoms with Gasteiger partial charge in [0.25, 0.3) is 5.91 Å². The predicted octanol–water partition coefficient (Wildman–Crippen LogP) is 4.57. The normalized spacial score (nSPS) is 15.2. The van der Waals surface area contributed by atoms with Crippen LogP contribution in [0.1, 0.15) is 49.7 Å². The number of carbonyl (C=O) groups excluding carboxylic acids is 2. The van der Waals surface area contributed by atoms with Gasteiger partial charge in [0.1, 0.15) is 28.4 Å². The van der Waals surface area contributed by atoms with E-state index in [4.69, 9.17) is 20.9 Å². The number of hydrogen-bond donors (Lipinski definition) is 1. The van der Waals surface area contributed by atoms with E-state index in [-0.39, 0.29) is 39.7 Å². The maximum absolute atomic E-state index is 14.3. The van der Waals surface area contributed by atoms with Crippen molar-refractivity contribution in [3.8, 4) is 11.3 Å². The SMILES string of the molecule is Cc1onc(-c2c(F)cccc2Cl)c1C(=O)NC1CCN(C(=O)OC(C)(C)C)CC1. The Bertz CT molecular complexity index is 926. The molecule has 30 heavy (non-hydrogen) atoms. The minimum absolute atomic E-state index is 0.0286. The van der Waals surface area contributed by atoms with Crippen molar-refractivity contribution < 1.29 is 23.2 Å². The Labute approximate surface area is 179 Å². The Kier molecular flexibility index (Phi) is 6.36. The molecule has 2 heterocycles. The molecule has 2 aromatic rings. The van der Waals surface area contributed by atoms with Crippen LogP contribution in [-0.2, 0) is 4.74 Å². The molecule has 1 aliphatic rings. The maximum Gasteiger partial charge on any atom is 0.410 e. The number of piperidine rings is 1. The number of ether oxygens (including phenoxy) is 1. The molecule has 0 unspecified atom stereocenters. The van der Waals surface area contributed by atoms with Crippen LogP contribution in [-0.4, -0.2) is 46.8 Å². The van der Waals surface area contributed by atoms with Crippen LogP contribution in [0.5, 0.6) is 0 Å². The summed E-state index contributed by atoms with van der Waals surface area (Å²) in [4.78, 5) is 26.7. The zero-order valence-corrected chi connectivity index (χ0v) is 18.2. The molecule has 7 nitrogen and oxygen atoms in total. The van der Waals surface area contributed by atoms with Crippen LogP contribution in [0.3, 0.4) is 0 Å². The Morgan fingerprint density at radius 2 is 1.97 bits per heavy atom. The quantitative estimate of drug-likeness (QED) is 0.760. The number of rotatable bonds is 3. The summed E-state index contributed by atoms with van der Waals surface area (Å²) in [5.41, 5.74) is -0.310. The molecule has 1 aromatic carbocycles. The largest absolute Gasteiger partial charge is 0.444 e. The van der Waals surface area contributed by atoms with Crippen molar-refractivity contribution in [2.24, 2.45) is 0 Å². The molecule has 1 aliphatic heterocycles. The second kappa shape index (κ2) is 8.63. The van der Waals surface area contributed by atoms with Gasteiger partial charge in [-0.2, -0.15) is 0 Å². The van der Waals surface area contributed by atoms with Crippen molar-refractivity contribution >= 4 is 23.6 Å². The highest BCUT2D eigenvalue weighted by molar-refractivity contribution is 6.33. The zero-order valence-electron chi connectivity index (χ0n) is 17.4. The Morgan fingerprint density at radius 3 is 2.57 bits per heavy atom. The fraction of sp³-hybridized carbons (Fsp3) is 0.476. The van der Waals surface area contributed by atoms with Gasteiger partial charge < -0.3 is 19.5 Å². The van der Waals surface area contributed by atoms with Crippen molar-refractivity contribution in [3.05, 3.63) is 40.4 Å². The molecule has 1 aromatic heterocycles. The van der Waals surface area contributed by atoms with Gasteiger partial charge in [0, 0.05) is 19.1 Å². The van der Waals surface area contributed by atoms with Gasteiger partial charge in [0.2, 0.25) is 0 Å². The number of likely N-dealkylation sites (tertiary alicyclic amines) is 1. The van der Waals surface area contributed by atoms with E-state index in [1.807, 2.05) is 20.8 Å². The molecular weight excluding hydrogens is 413 g/mol. The highest BCUT2D eigenvalue weighted by Gasteiger charge is 2.30. The number of amides is 2. The monoisotopic (exact) mass is 437 g/mol. The minimum atomic E-state index is -0.587. The average Bonchev–Trinajstić information content (AvgIpc) is 3.02. The van der Waals surface area contributed by atoms with Gasteiger partial charge >= 0.3 is 6.09 Å². The molecule has 0 radical (unpaired) electrons. The van der Waals surface area contributed by atoms with E-state index in [1.54, 1.807) is 11.8 Å².